The molecule has 0 saturated carbocycles. The molecule has 1 N–H and O–H groups in total. The fraction of sp³-hybridized carbons (Fsp3) is 0.292. The van der Waals surface area contributed by atoms with E-state index in [9.17, 15) is 4.39 Å². The summed E-state index contributed by atoms with van der Waals surface area (Å²) < 4.78 is 37.6. The van der Waals surface area contributed by atoms with Crippen molar-refractivity contribution >= 4 is 29.7 Å². The number of aromatic nitrogens is 5. The molecule has 4 rings (SSSR count). The van der Waals surface area contributed by atoms with E-state index in [0.717, 1.165) is 10.5 Å². The minimum atomic E-state index is -0.273. The number of hydrogen-bond acceptors (Lipinski definition) is 9. The molecule has 0 bridgehead atoms. The third kappa shape index (κ3) is 5.30. The molecule has 9 nitrogen and oxygen atoms in total. The van der Waals surface area contributed by atoms with Crippen LogP contribution in [0.1, 0.15) is 11.7 Å². The van der Waals surface area contributed by atoms with E-state index >= 15 is 0 Å². The second-order valence-electron chi connectivity index (χ2n) is 7.59. The van der Waals surface area contributed by atoms with Crippen LogP contribution >= 0.6 is 23.7 Å². The molecule has 0 aliphatic heterocycles. The van der Waals surface area contributed by atoms with E-state index in [1.165, 1.54) is 35.8 Å². The quantitative estimate of drug-likeness (QED) is 0.213. The van der Waals surface area contributed by atoms with Gasteiger partial charge in [-0.05, 0) is 54.1 Å². The van der Waals surface area contributed by atoms with Crippen LogP contribution in [-0.2, 0) is 11.8 Å². The summed E-state index contributed by atoms with van der Waals surface area (Å²) in [6.45, 7) is 0. The van der Waals surface area contributed by atoms with Crippen LogP contribution < -0.4 is 14.2 Å². The molecule has 2 heterocycles. The number of methoxy groups -OCH3 is 3. The number of hydrogen-bond donors (Lipinski definition) is 1. The highest BCUT2D eigenvalue weighted by atomic mass is 32.2. The topological polar surface area (TPSA) is 88.3 Å². The number of para-hydroxylation sites is 1. The van der Waals surface area contributed by atoms with Gasteiger partial charge in [-0.2, -0.15) is 5.10 Å². The smallest absolute Gasteiger partial charge is 0.239 e. The van der Waals surface area contributed by atoms with Gasteiger partial charge in [0.1, 0.15) is 28.7 Å². The van der Waals surface area contributed by atoms with Crippen LogP contribution in [0.15, 0.2) is 53.6 Å². The molecule has 0 aliphatic carbocycles. The van der Waals surface area contributed by atoms with Crippen LogP contribution in [-0.4, -0.2) is 57.9 Å². The van der Waals surface area contributed by atoms with Gasteiger partial charge in [-0.25, -0.2) is 4.39 Å². The summed E-state index contributed by atoms with van der Waals surface area (Å²) in [6, 6.07) is 12.1. The number of benzene rings is 2. The molecule has 0 radical (unpaired) electrons. The molecular weight excluding hydrogens is 503 g/mol. The molecule has 0 spiro atoms. The maximum Gasteiger partial charge on any atom is 0.239 e. The van der Waals surface area contributed by atoms with Gasteiger partial charge in [0, 0.05) is 31.0 Å². The van der Waals surface area contributed by atoms with Gasteiger partial charge in [-0.1, -0.05) is 12.1 Å². The van der Waals surface area contributed by atoms with E-state index in [-0.39, 0.29) is 11.9 Å². The fourth-order valence-electron chi connectivity index (χ4n) is 3.73. The lowest BCUT2D eigenvalue weighted by molar-refractivity contribution is 0.121. The van der Waals surface area contributed by atoms with Crippen LogP contribution in [0.2, 0.25) is 0 Å². The molecule has 190 valence electrons. The summed E-state index contributed by atoms with van der Waals surface area (Å²) in [4.78, 5) is 0.835. The van der Waals surface area contributed by atoms with E-state index in [4.69, 9.17) is 14.2 Å². The summed E-state index contributed by atoms with van der Waals surface area (Å²) in [5.74, 6) is 2.42. The Morgan fingerprint density at radius 3 is 2.42 bits per heavy atom. The maximum atomic E-state index is 13.7. The Morgan fingerprint density at radius 2 is 1.81 bits per heavy atom. The Bertz CT molecular complexity index is 1310. The number of halogens is 1. The molecule has 1 atom stereocenters. The highest BCUT2D eigenvalue weighted by Gasteiger charge is 2.24. The second-order valence-corrected chi connectivity index (χ2v) is 9.27. The Hall–Kier alpha value is -3.22. The first-order chi connectivity index (χ1) is 17.5. The molecule has 0 saturated heterocycles. The standard InChI is InChI=1S/C24H27FN6O3S2/c1-30-12-11-17(28-30)23-26-27-24(31(23)22-18(32-2)7-6-8-19(22)33-3)29-36-14-20(34-4)16-10-9-15(25)13-21(16)35-5/h6-13,20H,14H2,1-5H3,(H,27,29). The fourth-order valence-corrected chi connectivity index (χ4v) is 5.21. The van der Waals surface area contributed by atoms with Crippen LogP contribution in [0, 0.1) is 5.82 Å². The number of ether oxygens (including phenoxy) is 3. The zero-order valence-corrected chi connectivity index (χ0v) is 22.2. The predicted molar refractivity (Wildman–Crippen MR) is 141 cm³/mol. The predicted octanol–water partition coefficient (Wildman–Crippen LogP) is 4.99. The Balaban J connectivity index is 1.68. The number of rotatable bonds is 11. The van der Waals surface area contributed by atoms with Crippen LogP contribution in [0.4, 0.5) is 10.3 Å². The van der Waals surface area contributed by atoms with Crippen molar-refractivity contribution in [2.45, 2.75) is 11.0 Å². The molecule has 36 heavy (non-hydrogen) atoms. The first kappa shape index (κ1) is 25.9. The zero-order chi connectivity index (χ0) is 25.7. The average molecular weight is 531 g/mol. The lowest BCUT2D eigenvalue weighted by Crippen LogP contribution is -2.10. The molecular formula is C24H27FN6O3S2. The summed E-state index contributed by atoms with van der Waals surface area (Å²) in [5, 5.41) is 13.3. The van der Waals surface area contributed by atoms with Crippen molar-refractivity contribution in [3.8, 4) is 28.7 Å². The zero-order valence-electron chi connectivity index (χ0n) is 20.6. The van der Waals surface area contributed by atoms with Gasteiger partial charge >= 0.3 is 0 Å². The molecule has 12 heteroatoms. The molecule has 1 unspecified atom stereocenters. The van der Waals surface area contributed by atoms with Crippen molar-refractivity contribution in [1.29, 1.82) is 0 Å². The minimum absolute atomic E-state index is 0.266. The van der Waals surface area contributed by atoms with Crippen LogP contribution in [0.5, 0.6) is 11.5 Å². The van der Waals surface area contributed by atoms with E-state index in [1.807, 2.05) is 48.3 Å². The number of nitrogens with zero attached hydrogens (tertiary/aromatic N) is 5. The van der Waals surface area contributed by atoms with E-state index in [1.54, 1.807) is 32.1 Å². The van der Waals surface area contributed by atoms with Crippen molar-refractivity contribution < 1.29 is 18.6 Å². The Kier molecular flexibility index (Phi) is 8.39. The van der Waals surface area contributed by atoms with Gasteiger partial charge in [0.05, 0.1) is 20.3 Å². The van der Waals surface area contributed by atoms with Gasteiger partial charge in [0.2, 0.25) is 5.95 Å². The van der Waals surface area contributed by atoms with Gasteiger partial charge in [0.15, 0.2) is 5.82 Å². The summed E-state index contributed by atoms with van der Waals surface area (Å²) in [6.07, 6.45) is 3.49. The highest BCUT2D eigenvalue weighted by Crippen LogP contribution is 2.38. The molecule has 2 aromatic carbocycles. The van der Waals surface area contributed by atoms with Gasteiger partial charge in [-0.15, -0.1) is 22.0 Å². The first-order valence-electron chi connectivity index (χ1n) is 10.9. The maximum absolute atomic E-state index is 13.7. The Labute approximate surface area is 217 Å². The third-order valence-corrected chi connectivity index (χ3v) is 7.05. The van der Waals surface area contributed by atoms with Crippen molar-refractivity contribution in [2.75, 3.05) is 38.1 Å². The molecule has 0 amide bonds. The normalized spacial score (nSPS) is 11.9. The number of aryl methyl sites for hydroxylation is 1. The first-order valence-corrected chi connectivity index (χ1v) is 13.1. The molecule has 4 aromatic rings. The van der Waals surface area contributed by atoms with Crippen molar-refractivity contribution in [3.05, 3.63) is 60.0 Å². The summed E-state index contributed by atoms with van der Waals surface area (Å²) in [7, 11) is 6.67. The number of nitrogens with one attached hydrogen (secondary N) is 1. The third-order valence-electron chi connectivity index (χ3n) is 5.46. The number of thioether (sulfide) groups is 1. The monoisotopic (exact) mass is 530 g/mol. The summed E-state index contributed by atoms with van der Waals surface area (Å²) >= 11 is 2.88. The average Bonchev–Trinajstić information content (AvgIpc) is 3.52. The van der Waals surface area contributed by atoms with Crippen LogP contribution in [0.3, 0.4) is 0 Å². The highest BCUT2D eigenvalue weighted by molar-refractivity contribution is 8.00. The minimum Gasteiger partial charge on any atom is -0.494 e. The lowest BCUT2D eigenvalue weighted by atomic mass is 10.1. The Morgan fingerprint density at radius 1 is 1.06 bits per heavy atom. The SMILES string of the molecule is COc1cccc(OC)c1-n1c(NSCC(OC)c2ccc(F)cc2SC)nnc1-c1ccn(C)n1. The van der Waals surface area contributed by atoms with E-state index in [0.29, 0.717) is 40.4 Å². The molecule has 0 fully saturated rings. The molecule has 0 aliphatic rings. The van der Waals surface area contributed by atoms with Crippen molar-refractivity contribution in [1.82, 2.24) is 24.5 Å². The molecule has 2 aromatic heterocycles. The van der Waals surface area contributed by atoms with Crippen molar-refractivity contribution in [3.63, 3.8) is 0 Å². The van der Waals surface area contributed by atoms with Gasteiger partial charge in [0.25, 0.3) is 0 Å². The van der Waals surface area contributed by atoms with Crippen molar-refractivity contribution in [2.24, 2.45) is 7.05 Å². The second kappa shape index (κ2) is 11.7. The van der Waals surface area contributed by atoms with E-state index < -0.39 is 0 Å². The van der Waals surface area contributed by atoms with E-state index in [2.05, 4.69) is 20.0 Å². The lowest BCUT2D eigenvalue weighted by Gasteiger charge is -2.19. The number of anilines is 1. The van der Waals surface area contributed by atoms with Crippen LogP contribution in [0.25, 0.3) is 17.2 Å². The van der Waals surface area contributed by atoms with Gasteiger partial charge < -0.3 is 14.2 Å². The largest absolute Gasteiger partial charge is 0.494 e. The van der Waals surface area contributed by atoms with Gasteiger partial charge in [-0.3, -0.25) is 14.0 Å². The summed E-state index contributed by atoms with van der Waals surface area (Å²) in [5.41, 5.74) is 2.20.